The average molecular weight is 294 g/mol. The maximum Gasteiger partial charge on any atom is 0.416 e. The molecule has 2 aromatic rings. The van der Waals surface area contributed by atoms with E-state index in [1.165, 1.54) is 12.1 Å². The molecule has 0 aliphatic carbocycles. The van der Waals surface area contributed by atoms with Gasteiger partial charge in [-0.3, -0.25) is 0 Å². The Morgan fingerprint density at radius 2 is 1.57 bits per heavy atom. The van der Waals surface area contributed by atoms with E-state index >= 15 is 0 Å². The second-order valence-electron chi connectivity index (χ2n) is 4.98. The van der Waals surface area contributed by atoms with Gasteiger partial charge in [0.05, 0.1) is 11.7 Å². The van der Waals surface area contributed by atoms with Crippen LogP contribution in [0, 0.1) is 0 Å². The van der Waals surface area contributed by atoms with Gasteiger partial charge in [-0.2, -0.15) is 13.2 Å². The maximum absolute atomic E-state index is 13.1. The van der Waals surface area contributed by atoms with Gasteiger partial charge >= 0.3 is 6.18 Å². The van der Waals surface area contributed by atoms with E-state index in [4.69, 9.17) is 4.74 Å². The van der Waals surface area contributed by atoms with Crippen LogP contribution >= 0.6 is 0 Å². The largest absolute Gasteiger partial charge is 0.485 e. The van der Waals surface area contributed by atoms with E-state index < -0.39 is 23.9 Å². The molecule has 0 saturated heterocycles. The molecular weight excluding hydrogens is 281 g/mol. The Balaban J connectivity index is 2.01. The summed E-state index contributed by atoms with van der Waals surface area (Å²) in [7, 11) is 0. The van der Waals surface area contributed by atoms with Gasteiger partial charge < -0.3 is 9.84 Å². The van der Waals surface area contributed by atoms with Crippen molar-refractivity contribution < 1.29 is 23.0 Å². The molecule has 0 radical (unpaired) electrons. The molecule has 1 aliphatic heterocycles. The van der Waals surface area contributed by atoms with Crippen molar-refractivity contribution in [2.24, 2.45) is 0 Å². The lowest BCUT2D eigenvalue weighted by molar-refractivity contribution is -0.139. The van der Waals surface area contributed by atoms with Crippen molar-refractivity contribution in [1.82, 2.24) is 0 Å². The Kier molecular flexibility index (Phi) is 3.37. The normalized spacial score (nSPS) is 21.5. The van der Waals surface area contributed by atoms with Crippen LogP contribution in [0.3, 0.4) is 0 Å². The molecule has 0 bridgehead atoms. The number of rotatable bonds is 1. The highest BCUT2D eigenvalue weighted by molar-refractivity contribution is 5.40. The van der Waals surface area contributed by atoms with Crippen molar-refractivity contribution in [3.05, 3.63) is 65.2 Å². The number of para-hydroxylation sites is 1. The molecule has 1 N–H and O–H groups in total. The summed E-state index contributed by atoms with van der Waals surface area (Å²) in [6, 6.07) is 12.2. The molecule has 0 amide bonds. The maximum atomic E-state index is 13.1. The van der Waals surface area contributed by atoms with E-state index in [0.717, 1.165) is 6.07 Å². The number of aliphatic hydroxyl groups excluding tert-OH is 1. The highest BCUT2D eigenvalue weighted by atomic mass is 19.4. The van der Waals surface area contributed by atoms with Crippen LogP contribution < -0.4 is 4.74 Å². The molecule has 110 valence electrons. The van der Waals surface area contributed by atoms with Crippen molar-refractivity contribution in [1.29, 1.82) is 0 Å². The van der Waals surface area contributed by atoms with Crippen LogP contribution in [-0.2, 0) is 6.18 Å². The second-order valence-corrected chi connectivity index (χ2v) is 4.98. The molecule has 3 rings (SSSR count). The third-order valence-corrected chi connectivity index (χ3v) is 3.60. The fourth-order valence-corrected chi connectivity index (χ4v) is 2.62. The predicted molar refractivity (Wildman–Crippen MR) is 70.8 cm³/mol. The van der Waals surface area contributed by atoms with Crippen LogP contribution in [0.1, 0.15) is 35.3 Å². The van der Waals surface area contributed by atoms with Crippen molar-refractivity contribution in [3.63, 3.8) is 0 Å². The van der Waals surface area contributed by atoms with Gasteiger partial charge in [-0.1, -0.05) is 36.4 Å². The molecule has 1 aliphatic rings. The number of halogens is 3. The number of hydrogen-bond donors (Lipinski definition) is 1. The zero-order valence-corrected chi connectivity index (χ0v) is 11.0. The summed E-state index contributed by atoms with van der Waals surface area (Å²) in [6.45, 7) is 0. The van der Waals surface area contributed by atoms with E-state index in [1.54, 1.807) is 30.3 Å². The van der Waals surface area contributed by atoms with Crippen LogP contribution in [-0.4, -0.2) is 5.11 Å². The van der Waals surface area contributed by atoms with Gasteiger partial charge in [0.25, 0.3) is 0 Å². The minimum absolute atomic E-state index is 0.0542. The van der Waals surface area contributed by atoms with Crippen LogP contribution in [0.15, 0.2) is 48.5 Å². The molecule has 5 heteroatoms. The zero-order valence-electron chi connectivity index (χ0n) is 11.0. The standard InChI is InChI=1S/C16H13F3O2/c17-16(18,19)12-7-3-1-5-10(12)15-9-13(20)11-6-2-4-8-14(11)21-15/h1-8,13,15,20H,9H2/t13-,15?/m1/s1. The minimum Gasteiger partial charge on any atom is -0.485 e. The highest BCUT2D eigenvalue weighted by Gasteiger charge is 2.37. The molecule has 21 heavy (non-hydrogen) atoms. The van der Waals surface area contributed by atoms with Gasteiger partial charge in [-0.05, 0) is 12.1 Å². The Bertz CT molecular complexity index is 652. The summed E-state index contributed by atoms with van der Waals surface area (Å²) in [5.74, 6) is 0.429. The van der Waals surface area contributed by atoms with E-state index in [2.05, 4.69) is 0 Å². The number of aliphatic hydroxyl groups is 1. The third kappa shape index (κ3) is 2.61. The lowest BCUT2D eigenvalue weighted by Crippen LogP contribution is -2.22. The quantitative estimate of drug-likeness (QED) is 0.851. The molecule has 2 nitrogen and oxygen atoms in total. The van der Waals surface area contributed by atoms with Gasteiger partial charge in [0.15, 0.2) is 0 Å². The first-order valence-electron chi connectivity index (χ1n) is 6.56. The Labute approximate surface area is 119 Å². The molecule has 2 aromatic carbocycles. The topological polar surface area (TPSA) is 29.5 Å². The van der Waals surface area contributed by atoms with Gasteiger partial charge in [-0.25, -0.2) is 0 Å². The lowest BCUT2D eigenvalue weighted by atomic mass is 9.92. The number of hydrogen-bond acceptors (Lipinski definition) is 2. The molecule has 1 unspecified atom stereocenters. The molecule has 0 saturated carbocycles. The summed E-state index contributed by atoms with van der Waals surface area (Å²) in [4.78, 5) is 0. The lowest BCUT2D eigenvalue weighted by Gasteiger charge is -2.31. The summed E-state index contributed by atoms with van der Waals surface area (Å²) >= 11 is 0. The first kappa shape index (κ1) is 13.9. The number of fused-ring (bicyclic) bond motifs is 1. The summed E-state index contributed by atoms with van der Waals surface area (Å²) in [5, 5.41) is 10.1. The van der Waals surface area contributed by atoms with E-state index in [0.29, 0.717) is 11.3 Å². The molecule has 0 aromatic heterocycles. The molecular formula is C16H13F3O2. The minimum atomic E-state index is -4.44. The van der Waals surface area contributed by atoms with Gasteiger partial charge in [0.1, 0.15) is 11.9 Å². The zero-order chi connectivity index (χ0) is 15.0. The molecule has 1 heterocycles. The van der Waals surface area contributed by atoms with E-state index in [1.807, 2.05) is 0 Å². The van der Waals surface area contributed by atoms with Crippen molar-refractivity contribution >= 4 is 0 Å². The van der Waals surface area contributed by atoms with Crippen LogP contribution in [0.4, 0.5) is 13.2 Å². The van der Waals surface area contributed by atoms with Crippen LogP contribution in [0.25, 0.3) is 0 Å². The molecule has 2 atom stereocenters. The van der Waals surface area contributed by atoms with Crippen LogP contribution in [0.5, 0.6) is 5.75 Å². The second kappa shape index (κ2) is 5.07. The Morgan fingerprint density at radius 3 is 2.29 bits per heavy atom. The van der Waals surface area contributed by atoms with E-state index in [9.17, 15) is 18.3 Å². The van der Waals surface area contributed by atoms with Crippen molar-refractivity contribution in [2.75, 3.05) is 0 Å². The average Bonchev–Trinajstić information content (AvgIpc) is 2.46. The van der Waals surface area contributed by atoms with Gasteiger partial charge in [0.2, 0.25) is 0 Å². The first-order valence-corrected chi connectivity index (χ1v) is 6.56. The SMILES string of the molecule is O[C@@H]1CC(c2ccccc2C(F)(F)F)Oc2ccccc21. The fraction of sp³-hybridized carbons (Fsp3) is 0.250. The molecule has 0 spiro atoms. The number of benzene rings is 2. The highest BCUT2D eigenvalue weighted by Crippen LogP contribution is 2.43. The Hall–Kier alpha value is -2.01. The van der Waals surface area contributed by atoms with E-state index in [-0.39, 0.29) is 12.0 Å². The predicted octanol–water partition coefficient (Wildman–Crippen LogP) is 4.26. The van der Waals surface area contributed by atoms with Crippen molar-refractivity contribution in [2.45, 2.75) is 24.8 Å². The summed E-state index contributed by atoms with van der Waals surface area (Å²) in [5.41, 5.74) is -0.0571. The first-order chi connectivity index (χ1) is 9.97. The third-order valence-electron chi connectivity index (χ3n) is 3.60. The molecule has 0 fully saturated rings. The summed E-state index contributed by atoms with van der Waals surface area (Å²) < 4.78 is 44.9. The van der Waals surface area contributed by atoms with Crippen LogP contribution in [0.2, 0.25) is 0 Å². The monoisotopic (exact) mass is 294 g/mol. The fourth-order valence-electron chi connectivity index (χ4n) is 2.62. The Morgan fingerprint density at radius 1 is 0.952 bits per heavy atom. The number of alkyl halides is 3. The smallest absolute Gasteiger partial charge is 0.416 e. The van der Waals surface area contributed by atoms with Gasteiger partial charge in [0, 0.05) is 17.5 Å². The summed E-state index contributed by atoms with van der Waals surface area (Å²) in [6.07, 6.45) is -5.99. The number of ether oxygens (including phenoxy) is 1. The van der Waals surface area contributed by atoms with Crippen molar-refractivity contribution in [3.8, 4) is 5.75 Å². The van der Waals surface area contributed by atoms with Gasteiger partial charge in [-0.15, -0.1) is 0 Å².